The van der Waals surface area contributed by atoms with Gasteiger partial charge in [0.1, 0.15) is 23.8 Å². The molecule has 0 amide bonds. The first-order chi connectivity index (χ1) is 13.4. The molecule has 0 saturated carbocycles. The molecule has 1 aromatic heterocycles. The van der Waals surface area contributed by atoms with Gasteiger partial charge in [0.2, 0.25) is 0 Å². The van der Waals surface area contributed by atoms with Crippen molar-refractivity contribution in [3.05, 3.63) is 50.8 Å². The molecule has 1 fully saturated rings. The number of hydrogen-bond acceptors (Lipinski definition) is 9. The van der Waals surface area contributed by atoms with E-state index in [0.717, 1.165) is 10.9 Å². The van der Waals surface area contributed by atoms with E-state index in [1.807, 2.05) is 0 Å². The Labute approximate surface area is 158 Å². The van der Waals surface area contributed by atoms with Gasteiger partial charge in [-0.25, -0.2) is 4.79 Å². The van der Waals surface area contributed by atoms with Gasteiger partial charge in [-0.05, 0) is 12.1 Å². The maximum atomic E-state index is 12.9. The van der Waals surface area contributed by atoms with Crippen molar-refractivity contribution >= 4 is 5.91 Å². The summed E-state index contributed by atoms with van der Waals surface area (Å²) in [6.07, 6.45) is -2.16. The summed E-state index contributed by atoms with van der Waals surface area (Å²) in [4.78, 5) is 37.9. The fourth-order valence-corrected chi connectivity index (χ4v) is 2.92. The van der Waals surface area contributed by atoms with Crippen molar-refractivity contribution in [1.82, 2.24) is 14.3 Å². The fourth-order valence-electron chi connectivity index (χ4n) is 2.92. The third-order valence-corrected chi connectivity index (χ3v) is 4.40. The largest absolute Gasteiger partial charge is 0.497 e. The van der Waals surface area contributed by atoms with Crippen LogP contribution < -0.4 is 20.7 Å². The highest BCUT2D eigenvalue weighted by molar-refractivity contribution is 5.98. The Morgan fingerprint density at radius 3 is 2.68 bits per heavy atom. The Morgan fingerprint density at radius 1 is 1.32 bits per heavy atom. The van der Waals surface area contributed by atoms with Crippen molar-refractivity contribution in [2.24, 2.45) is 0 Å². The molecular formula is C17H19N3O8. The lowest BCUT2D eigenvalue weighted by atomic mass is 10.1. The van der Waals surface area contributed by atoms with Crippen molar-refractivity contribution in [3.8, 4) is 11.5 Å². The molecule has 3 rings (SSSR count). The van der Waals surface area contributed by atoms with Crippen molar-refractivity contribution in [1.29, 1.82) is 0 Å². The highest BCUT2D eigenvalue weighted by Gasteiger charge is 2.36. The number of aliphatic hydroxyl groups is 2. The third-order valence-electron chi connectivity index (χ3n) is 4.40. The van der Waals surface area contributed by atoms with Gasteiger partial charge in [0, 0.05) is 12.5 Å². The van der Waals surface area contributed by atoms with E-state index in [1.165, 1.54) is 32.4 Å². The van der Waals surface area contributed by atoms with Crippen LogP contribution in [0.3, 0.4) is 0 Å². The second-order valence-electron chi connectivity index (χ2n) is 6.03. The maximum absolute atomic E-state index is 12.9. The van der Waals surface area contributed by atoms with Crippen molar-refractivity contribution in [2.45, 2.75) is 24.9 Å². The Hall–Kier alpha value is -3.02. The number of carbonyl (C=O) groups excluding carboxylic acids is 1. The average Bonchev–Trinajstić information content (AvgIpc) is 3.07. The Bertz CT molecular complexity index is 999. The van der Waals surface area contributed by atoms with Crippen LogP contribution in [0.1, 0.15) is 23.0 Å². The molecule has 0 spiro atoms. The zero-order valence-electron chi connectivity index (χ0n) is 15.1. The highest BCUT2D eigenvalue weighted by atomic mass is 16.5. The van der Waals surface area contributed by atoms with Crippen LogP contribution in [0.15, 0.2) is 34.0 Å². The van der Waals surface area contributed by atoms with Gasteiger partial charge in [0.05, 0.1) is 32.5 Å². The molecule has 3 atom stereocenters. The summed E-state index contributed by atoms with van der Waals surface area (Å²) in [5.74, 6) is -0.369. The van der Waals surface area contributed by atoms with E-state index < -0.39 is 42.2 Å². The van der Waals surface area contributed by atoms with Gasteiger partial charge in [0.15, 0.2) is 6.23 Å². The molecule has 1 aliphatic heterocycles. The second-order valence-corrected chi connectivity index (χ2v) is 6.03. The lowest BCUT2D eigenvalue weighted by molar-refractivity contribution is -0.0510. The molecule has 0 unspecified atom stereocenters. The molecule has 11 nitrogen and oxygen atoms in total. The van der Waals surface area contributed by atoms with Crippen LogP contribution >= 0.6 is 0 Å². The number of nitrogens with zero attached hydrogens (tertiary/aromatic N) is 3. The number of methoxy groups -OCH3 is 2. The summed E-state index contributed by atoms with van der Waals surface area (Å²) in [6.45, 7) is -0.450. The standard InChI is InChI=1S/C17H19N3O8/c1-26-9-3-4-10(12(5-9)27-2)16(24)19-14(23)7-18-20(17(19)25)15-6-11(22)13(8-21)28-15/h3-5,7,11,13,15,21-22H,6,8H2,1-2H3/t11-,13+,15+/m0/s1. The highest BCUT2D eigenvalue weighted by Crippen LogP contribution is 2.27. The molecule has 0 bridgehead atoms. The van der Waals surface area contributed by atoms with Crippen molar-refractivity contribution in [2.75, 3.05) is 20.8 Å². The Morgan fingerprint density at radius 2 is 2.07 bits per heavy atom. The first-order valence-corrected chi connectivity index (χ1v) is 8.33. The number of hydrogen-bond donors (Lipinski definition) is 2. The number of aromatic nitrogens is 3. The minimum Gasteiger partial charge on any atom is -0.497 e. The molecule has 1 saturated heterocycles. The van der Waals surface area contributed by atoms with Crippen LogP contribution in [0.2, 0.25) is 0 Å². The average molecular weight is 393 g/mol. The Balaban J connectivity index is 2.05. The zero-order chi connectivity index (χ0) is 20.4. The number of aliphatic hydroxyl groups excluding tert-OH is 2. The van der Waals surface area contributed by atoms with Crippen molar-refractivity contribution in [3.63, 3.8) is 0 Å². The van der Waals surface area contributed by atoms with Gasteiger partial charge < -0.3 is 24.4 Å². The molecule has 2 heterocycles. The molecule has 0 radical (unpaired) electrons. The lowest BCUT2D eigenvalue weighted by Gasteiger charge is -2.15. The predicted molar refractivity (Wildman–Crippen MR) is 93.7 cm³/mol. The fraction of sp³-hybridized carbons (Fsp3) is 0.412. The van der Waals surface area contributed by atoms with Gasteiger partial charge in [-0.3, -0.25) is 9.59 Å². The summed E-state index contributed by atoms with van der Waals surface area (Å²) >= 11 is 0. The smallest absolute Gasteiger partial charge is 0.357 e. The molecule has 1 aromatic carbocycles. The lowest BCUT2D eigenvalue weighted by Crippen LogP contribution is -2.45. The van der Waals surface area contributed by atoms with Gasteiger partial charge >= 0.3 is 5.69 Å². The SMILES string of the molecule is COc1ccc(C(=O)n2c(=O)cnn([C@H]3C[C@H](O)[C@@H](CO)O3)c2=O)c(OC)c1. The first-order valence-electron chi connectivity index (χ1n) is 8.33. The van der Waals surface area contributed by atoms with Crippen LogP contribution in [0.25, 0.3) is 0 Å². The van der Waals surface area contributed by atoms with Crippen LogP contribution in [0, 0.1) is 0 Å². The zero-order valence-corrected chi connectivity index (χ0v) is 15.1. The number of rotatable bonds is 5. The Kier molecular flexibility index (Phi) is 5.58. The summed E-state index contributed by atoms with van der Waals surface area (Å²) in [5.41, 5.74) is -1.99. The van der Waals surface area contributed by atoms with E-state index >= 15 is 0 Å². The first kappa shape index (κ1) is 19.7. The maximum Gasteiger partial charge on any atom is 0.357 e. The molecule has 11 heteroatoms. The van der Waals surface area contributed by atoms with Crippen LogP contribution in [-0.4, -0.2) is 63.5 Å². The minimum atomic E-state index is -1.04. The summed E-state index contributed by atoms with van der Waals surface area (Å²) < 4.78 is 16.8. The quantitative estimate of drug-likeness (QED) is 0.637. The predicted octanol–water partition coefficient (Wildman–Crippen LogP) is -1.25. The molecule has 2 aromatic rings. The number of carbonyl (C=O) groups is 1. The van der Waals surface area contributed by atoms with E-state index in [4.69, 9.17) is 14.2 Å². The van der Waals surface area contributed by atoms with Gasteiger partial charge in [-0.1, -0.05) is 0 Å². The van der Waals surface area contributed by atoms with Gasteiger partial charge in [-0.2, -0.15) is 14.3 Å². The minimum absolute atomic E-state index is 0.0270. The van der Waals surface area contributed by atoms with Crippen LogP contribution in [0.5, 0.6) is 11.5 Å². The summed E-state index contributed by atoms with van der Waals surface area (Å²) in [7, 11) is 2.78. The van der Waals surface area contributed by atoms with Gasteiger partial charge in [-0.15, -0.1) is 0 Å². The topological polar surface area (TPSA) is 142 Å². The third kappa shape index (κ3) is 3.42. The summed E-state index contributed by atoms with van der Waals surface area (Å²) in [5, 5.41) is 22.7. The van der Waals surface area contributed by atoms with E-state index in [9.17, 15) is 24.6 Å². The van der Waals surface area contributed by atoms with Crippen LogP contribution in [0.4, 0.5) is 0 Å². The van der Waals surface area contributed by atoms with E-state index in [1.54, 1.807) is 0 Å². The van der Waals surface area contributed by atoms with E-state index in [-0.39, 0.29) is 17.7 Å². The number of benzene rings is 1. The molecule has 2 N–H and O–H groups in total. The van der Waals surface area contributed by atoms with E-state index in [2.05, 4.69) is 5.10 Å². The normalized spacial score (nSPS) is 21.5. The molecular weight excluding hydrogens is 374 g/mol. The van der Waals surface area contributed by atoms with Gasteiger partial charge in [0.25, 0.3) is 11.5 Å². The van der Waals surface area contributed by atoms with Crippen LogP contribution in [-0.2, 0) is 4.74 Å². The molecule has 150 valence electrons. The number of ether oxygens (including phenoxy) is 3. The molecule has 1 aliphatic rings. The summed E-state index contributed by atoms with van der Waals surface area (Å²) in [6, 6.07) is 4.30. The monoisotopic (exact) mass is 393 g/mol. The molecule has 28 heavy (non-hydrogen) atoms. The van der Waals surface area contributed by atoms with Crippen molar-refractivity contribution < 1.29 is 29.2 Å². The molecule has 0 aliphatic carbocycles. The second kappa shape index (κ2) is 7.92. The van der Waals surface area contributed by atoms with E-state index in [0.29, 0.717) is 10.3 Å².